The SMILES string of the molecule is CCCCC(CCN)Nc1cc(C2=CC=C(C)NC2)cc2c1=CNCC=2. The molecule has 4 nitrogen and oxygen atoms in total. The van der Waals surface area contributed by atoms with Crippen molar-refractivity contribution in [2.75, 3.05) is 25.0 Å². The van der Waals surface area contributed by atoms with Gasteiger partial charge in [0.1, 0.15) is 0 Å². The summed E-state index contributed by atoms with van der Waals surface area (Å²) in [6.45, 7) is 6.83. The highest BCUT2D eigenvalue weighted by Gasteiger charge is 2.13. The van der Waals surface area contributed by atoms with Crippen molar-refractivity contribution in [1.29, 1.82) is 0 Å². The average molecular weight is 353 g/mol. The topological polar surface area (TPSA) is 62.1 Å². The van der Waals surface area contributed by atoms with Crippen molar-refractivity contribution in [3.63, 3.8) is 0 Å². The van der Waals surface area contributed by atoms with E-state index in [1.165, 1.54) is 45.8 Å². The lowest BCUT2D eigenvalue weighted by Crippen LogP contribution is -2.37. The Kier molecular flexibility index (Phi) is 6.40. The Balaban J connectivity index is 1.97. The average Bonchev–Trinajstić information content (AvgIpc) is 2.66. The normalized spacial score (nSPS) is 16.7. The van der Waals surface area contributed by atoms with E-state index in [2.05, 4.69) is 66.4 Å². The summed E-state index contributed by atoms with van der Waals surface area (Å²) < 4.78 is 0. The molecule has 0 saturated carbocycles. The van der Waals surface area contributed by atoms with Gasteiger partial charge < -0.3 is 21.7 Å². The van der Waals surface area contributed by atoms with Crippen LogP contribution in [0.1, 0.15) is 45.1 Å². The number of allylic oxidation sites excluding steroid dienone is 3. The first-order valence-corrected chi connectivity index (χ1v) is 9.87. The lowest BCUT2D eigenvalue weighted by molar-refractivity contribution is 0.576. The molecular formula is C22H32N4. The van der Waals surface area contributed by atoms with E-state index in [9.17, 15) is 0 Å². The van der Waals surface area contributed by atoms with Gasteiger partial charge in [-0.25, -0.2) is 0 Å². The number of dihydropyridines is 1. The van der Waals surface area contributed by atoms with E-state index >= 15 is 0 Å². The van der Waals surface area contributed by atoms with Gasteiger partial charge in [0.25, 0.3) is 0 Å². The molecule has 0 aliphatic carbocycles. The molecule has 0 bridgehead atoms. The molecule has 1 aromatic rings. The van der Waals surface area contributed by atoms with E-state index < -0.39 is 0 Å². The van der Waals surface area contributed by atoms with Gasteiger partial charge in [-0.15, -0.1) is 0 Å². The minimum Gasteiger partial charge on any atom is -0.387 e. The van der Waals surface area contributed by atoms with Crippen molar-refractivity contribution in [2.24, 2.45) is 5.73 Å². The molecule has 5 N–H and O–H groups in total. The fraction of sp³-hybridized carbons (Fsp3) is 0.455. The molecule has 2 heterocycles. The molecule has 2 aliphatic rings. The van der Waals surface area contributed by atoms with E-state index in [1.54, 1.807) is 0 Å². The van der Waals surface area contributed by atoms with Crippen LogP contribution in [0.3, 0.4) is 0 Å². The molecule has 0 amide bonds. The van der Waals surface area contributed by atoms with Crippen molar-refractivity contribution in [3.8, 4) is 0 Å². The van der Waals surface area contributed by atoms with Gasteiger partial charge in [0.05, 0.1) is 0 Å². The molecule has 140 valence electrons. The quantitative estimate of drug-likeness (QED) is 0.578. The van der Waals surface area contributed by atoms with Crippen LogP contribution in [0.15, 0.2) is 30.0 Å². The summed E-state index contributed by atoms with van der Waals surface area (Å²) in [5.41, 5.74) is 10.9. The van der Waals surface area contributed by atoms with E-state index in [4.69, 9.17) is 5.73 Å². The molecule has 1 aromatic carbocycles. The first-order valence-electron chi connectivity index (χ1n) is 9.87. The lowest BCUT2D eigenvalue weighted by Gasteiger charge is -2.22. The van der Waals surface area contributed by atoms with Gasteiger partial charge in [-0.05, 0) is 60.9 Å². The third-order valence-electron chi connectivity index (χ3n) is 5.14. The number of hydrogen-bond acceptors (Lipinski definition) is 4. The molecule has 2 aliphatic heterocycles. The summed E-state index contributed by atoms with van der Waals surface area (Å²) in [7, 11) is 0. The van der Waals surface area contributed by atoms with Crippen molar-refractivity contribution >= 4 is 23.5 Å². The molecule has 0 radical (unpaired) electrons. The Hall–Kier alpha value is -2.20. The number of unbranched alkanes of at least 4 members (excludes halogenated alkanes) is 1. The molecule has 3 rings (SSSR count). The molecule has 26 heavy (non-hydrogen) atoms. The third-order valence-corrected chi connectivity index (χ3v) is 5.14. The van der Waals surface area contributed by atoms with Gasteiger partial charge in [0.2, 0.25) is 0 Å². The Morgan fingerprint density at radius 2 is 2.12 bits per heavy atom. The summed E-state index contributed by atoms with van der Waals surface area (Å²) in [6.07, 6.45) is 13.4. The second kappa shape index (κ2) is 8.95. The minimum atomic E-state index is 0.426. The van der Waals surface area contributed by atoms with E-state index in [1.807, 2.05) is 0 Å². The number of rotatable bonds is 8. The zero-order valence-electron chi connectivity index (χ0n) is 16.1. The molecular weight excluding hydrogens is 320 g/mol. The lowest BCUT2D eigenvalue weighted by atomic mass is 9.98. The van der Waals surface area contributed by atoms with Crippen LogP contribution >= 0.6 is 0 Å². The van der Waals surface area contributed by atoms with Gasteiger partial charge in [0, 0.05) is 41.9 Å². The predicted molar refractivity (Wildman–Crippen MR) is 113 cm³/mol. The minimum absolute atomic E-state index is 0.426. The van der Waals surface area contributed by atoms with Crippen molar-refractivity contribution in [1.82, 2.24) is 10.6 Å². The summed E-state index contributed by atoms with van der Waals surface area (Å²) in [4.78, 5) is 0. The fourth-order valence-corrected chi connectivity index (χ4v) is 3.58. The molecule has 1 atom stereocenters. The van der Waals surface area contributed by atoms with Crippen molar-refractivity contribution < 1.29 is 0 Å². The number of fused-ring (bicyclic) bond motifs is 1. The highest BCUT2D eigenvalue weighted by atomic mass is 14.9. The van der Waals surface area contributed by atoms with Crippen LogP contribution in [0.5, 0.6) is 0 Å². The second-order valence-electron chi connectivity index (χ2n) is 7.24. The summed E-state index contributed by atoms with van der Waals surface area (Å²) in [5, 5.41) is 13.2. The maximum atomic E-state index is 5.86. The maximum Gasteiger partial charge on any atom is 0.0442 e. The maximum absolute atomic E-state index is 5.86. The third kappa shape index (κ3) is 4.50. The second-order valence-corrected chi connectivity index (χ2v) is 7.24. The zero-order valence-corrected chi connectivity index (χ0v) is 16.1. The highest BCUT2D eigenvalue weighted by molar-refractivity contribution is 5.73. The standard InChI is InChI=1S/C22H32N4/c1-3-4-5-20(8-10-23)26-22-13-19(18-7-6-16(2)25-14-18)12-17-9-11-24-15-21(17)22/h6-7,9,12-13,15,20,24-26H,3-5,8,10-11,14,23H2,1-2H3. The molecule has 0 aromatic heterocycles. The summed E-state index contributed by atoms with van der Waals surface area (Å²) in [5.74, 6) is 0. The molecule has 0 fully saturated rings. The molecule has 4 heteroatoms. The van der Waals surface area contributed by atoms with Crippen LogP contribution in [-0.2, 0) is 0 Å². The smallest absolute Gasteiger partial charge is 0.0442 e. The summed E-state index contributed by atoms with van der Waals surface area (Å²) in [6, 6.07) is 5.03. The van der Waals surface area contributed by atoms with Gasteiger partial charge in [-0.3, -0.25) is 0 Å². The first kappa shape index (κ1) is 18.6. The molecule has 0 saturated heterocycles. The van der Waals surface area contributed by atoms with E-state index in [0.29, 0.717) is 6.04 Å². The number of benzene rings is 1. The van der Waals surface area contributed by atoms with Gasteiger partial charge >= 0.3 is 0 Å². The van der Waals surface area contributed by atoms with Crippen molar-refractivity contribution in [3.05, 3.63) is 46.0 Å². The fourth-order valence-electron chi connectivity index (χ4n) is 3.58. The van der Waals surface area contributed by atoms with Crippen LogP contribution < -0.4 is 32.1 Å². The zero-order chi connectivity index (χ0) is 18.4. The Labute approximate surface area is 156 Å². The Bertz CT molecular complexity index is 804. The highest BCUT2D eigenvalue weighted by Crippen LogP contribution is 2.19. The number of hydrogen-bond donors (Lipinski definition) is 4. The van der Waals surface area contributed by atoms with Crippen LogP contribution in [-0.4, -0.2) is 25.7 Å². The monoisotopic (exact) mass is 352 g/mol. The van der Waals surface area contributed by atoms with Gasteiger partial charge in [0.15, 0.2) is 0 Å². The van der Waals surface area contributed by atoms with Crippen LogP contribution in [0.25, 0.3) is 17.8 Å². The van der Waals surface area contributed by atoms with Crippen molar-refractivity contribution in [2.45, 2.75) is 45.6 Å². The van der Waals surface area contributed by atoms with Crippen LogP contribution in [0, 0.1) is 0 Å². The number of anilines is 1. The Morgan fingerprint density at radius 3 is 2.85 bits per heavy atom. The van der Waals surface area contributed by atoms with Crippen LogP contribution in [0.4, 0.5) is 5.69 Å². The Morgan fingerprint density at radius 1 is 1.23 bits per heavy atom. The van der Waals surface area contributed by atoms with Gasteiger partial charge in [-0.2, -0.15) is 0 Å². The van der Waals surface area contributed by atoms with E-state index in [0.717, 1.165) is 32.5 Å². The number of nitrogens with one attached hydrogen (secondary N) is 3. The van der Waals surface area contributed by atoms with E-state index in [-0.39, 0.29) is 0 Å². The van der Waals surface area contributed by atoms with Crippen LogP contribution in [0.2, 0.25) is 0 Å². The predicted octanol–water partition coefficient (Wildman–Crippen LogP) is 2.02. The number of nitrogens with two attached hydrogens (primary N) is 1. The first-order chi connectivity index (χ1) is 12.7. The molecule has 0 spiro atoms. The van der Waals surface area contributed by atoms with Gasteiger partial charge in [-0.1, -0.05) is 31.9 Å². The summed E-state index contributed by atoms with van der Waals surface area (Å²) >= 11 is 0. The largest absolute Gasteiger partial charge is 0.387 e. The molecule has 1 unspecified atom stereocenters.